The van der Waals surface area contributed by atoms with Crippen LogP contribution in [0.1, 0.15) is 37.9 Å². The van der Waals surface area contributed by atoms with Crippen molar-refractivity contribution in [2.45, 2.75) is 26.7 Å². The Bertz CT molecular complexity index is 348. The van der Waals surface area contributed by atoms with Crippen molar-refractivity contribution in [2.75, 3.05) is 0 Å². The molecule has 1 heterocycles. The van der Waals surface area contributed by atoms with Gasteiger partial charge >= 0.3 is 0 Å². The van der Waals surface area contributed by atoms with Crippen LogP contribution in [0.15, 0.2) is 37.1 Å². The first-order chi connectivity index (χ1) is 6.69. The zero-order valence-electron chi connectivity index (χ0n) is 9.12. The van der Waals surface area contributed by atoms with Crippen LogP contribution in [0.5, 0.6) is 0 Å². The summed E-state index contributed by atoms with van der Waals surface area (Å²) in [6, 6.07) is 4.19. The molecule has 0 amide bonds. The third-order valence-electron chi connectivity index (χ3n) is 2.28. The third-order valence-corrected chi connectivity index (χ3v) is 2.28. The molecule has 0 aliphatic carbocycles. The van der Waals surface area contributed by atoms with E-state index in [1.807, 2.05) is 25.3 Å². The average Bonchev–Trinajstić information content (AvgIpc) is 2.20. The Labute approximate surface area is 86.2 Å². The molecule has 0 spiro atoms. The van der Waals surface area contributed by atoms with Crippen molar-refractivity contribution in [1.29, 1.82) is 0 Å². The van der Waals surface area contributed by atoms with Crippen molar-refractivity contribution in [3.8, 4) is 0 Å². The predicted octanol–water partition coefficient (Wildman–Crippen LogP) is 3.79. The molecule has 14 heavy (non-hydrogen) atoms. The molecule has 74 valence electrons. The lowest BCUT2D eigenvalue weighted by molar-refractivity contribution is 0.862. The van der Waals surface area contributed by atoms with Gasteiger partial charge in [-0.25, -0.2) is 0 Å². The van der Waals surface area contributed by atoms with E-state index in [1.165, 1.54) is 5.56 Å². The molecule has 0 atom stereocenters. The van der Waals surface area contributed by atoms with E-state index in [-0.39, 0.29) is 0 Å². The van der Waals surface area contributed by atoms with Gasteiger partial charge in [-0.2, -0.15) is 0 Å². The van der Waals surface area contributed by atoms with Crippen LogP contribution >= 0.6 is 0 Å². The number of nitrogens with zero attached hydrogens (tertiary/aromatic N) is 1. The van der Waals surface area contributed by atoms with Crippen LogP contribution in [0, 0.1) is 0 Å². The third kappa shape index (κ3) is 2.32. The van der Waals surface area contributed by atoms with Gasteiger partial charge in [0.25, 0.3) is 0 Å². The fourth-order valence-corrected chi connectivity index (χ4v) is 1.33. The molecule has 0 unspecified atom stereocenters. The van der Waals surface area contributed by atoms with Gasteiger partial charge < -0.3 is 0 Å². The van der Waals surface area contributed by atoms with Crippen molar-refractivity contribution < 1.29 is 0 Å². The van der Waals surface area contributed by atoms with E-state index in [4.69, 9.17) is 0 Å². The van der Waals surface area contributed by atoms with Crippen LogP contribution in [0.4, 0.5) is 0 Å². The van der Waals surface area contributed by atoms with Gasteiger partial charge in [-0.05, 0) is 36.1 Å². The zero-order chi connectivity index (χ0) is 10.6. The maximum Gasteiger partial charge on any atom is 0.0701 e. The quantitative estimate of drug-likeness (QED) is 0.656. The van der Waals surface area contributed by atoms with Crippen molar-refractivity contribution in [3.05, 3.63) is 48.3 Å². The van der Waals surface area contributed by atoms with E-state index in [0.29, 0.717) is 5.92 Å². The summed E-state index contributed by atoms with van der Waals surface area (Å²) >= 11 is 0. The maximum atomic E-state index is 4.32. The van der Waals surface area contributed by atoms with Crippen LogP contribution in [0.3, 0.4) is 0 Å². The van der Waals surface area contributed by atoms with Gasteiger partial charge in [0, 0.05) is 6.20 Å². The molecule has 0 aromatic carbocycles. The van der Waals surface area contributed by atoms with Crippen LogP contribution in [0.2, 0.25) is 0 Å². The molecule has 0 aliphatic rings. The fraction of sp³-hybridized carbons (Fsp3) is 0.308. The highest BCUT2D eigenvalue weighted by atomic mass is 14.7. The smallest absolute Gasteiger partial charge is 0.0701 e. The second-order valence-electron chi connectivity index (χ2n) is 3.58. The van der Waals surface area contributed by atoms with Crippen molar-refractivity contribution in [3.63, 3.8) is 0 Å². The number of rotatable bonds is 3. The molecule has 1 nitrogen and oxygen atoms in total. The summed E-state index contributed by atoms with van der Waals surface area (Å²) < 4.78 is 0. The first kappa shape index (κ1) is 10.7. The number of allylic oxidation sites excluding steroid dienone is 3. The highest BCUT2D eigenvalue weighted by molar-refractivity contribution is 5.70. The molecule has 1 rings (SSSR count). The highest BCUT2D eigenvalue weighted by Gasteiger charge is 2.02. The van der Waals surface area contributed by atoms with Gasteiger partial charge in [0.1, 0.15) is 0 Å². The van der Waals surface area contributed by atoms with Gasteiger partial charge in [0.2, 0.25) is 0 Å². The summed E-state index contributed by atoms with van der Waals surface area (Å²) in [5.74, 6) is 0.541. The number of aromatic nitrogens is 1. The number of hydrogen-bond acceptors (Lipinski definition) is 1. The first-order valence-electron chi connectivity index (χ1n) is 4.94. The molecule has 0 fully saturated rings. The minimum Gasteiger partial charge on any atom is -0.256 e. The lowest BCUT2D eigenvalue weighted by atomic mass is 10.0. The van der Waals surface area contributed by atoms with E-state index >= 15 is 0 Å². The number of pyridine rings is 1. The summed E-state index contributed by atoms with van der Waals surface area (Å²) in [5, 5.41) is 0. The predicted molar refractivity (Wildman–Crippen MR) is 62.2 cm³/mol. The molecule has 0 aliphatic heterocycles. The van der Waals surface area contributed by atoms with Gasteiger partial charge in [-0.1, -0.05) is 32.6 Å². The van der Waals surface area contributed by atoms with E-state index in [9.17, 15) is 0 Å². The SMILES string of the molecule is C=C/C(=C\C)c1cc(C(C)C)ccn1. The van der Waals surface area contributed by atoms with Gasteiger partial charge in [0.15, 0.2) is 0 Å². The first-order valence-corrected chi connectivity index (χ1v) is 4.94. The van der Waals surface area contributed by atoms with Crippen LogP contribution in [-0.2, 0) is 0 Å². The molecule has 0 saturated heterocycles. The Morgan fingerprint density at radius 3 is 2.71 bits per heavy atom. The van der Waals surface area contributed by atoms with Crippen LogP contribution in [0.25, 0.3) is 5.57 Å². The minimum atomic E-state index is 0.541. The van der Waals surface area contributed by atoms with E-state index in [1.54, 1.807) is 0 Å². The largest absolute Gasteiger partial charge is 0.256 e. The van der Waals surface area contributed by atoms with Gasteiger partial charge in [-0.15, -0.1) is 0 Å². The fourth-order valence-electron chi connectivity index (χ4n) is 1.33. The Balaban J connectivity index is 3.11. The van der Waals surface area contributed by atoms with Crippen molar-refractivity contribution >= 4 is 5.57 Å². The van der Waals surface area contributed by atoms with E-state index in [0.717, 1.165) is 11.3 Å². The molecule has 0 N–H and O–H groups in total. The Hall–Kier alpha value is -1.37. The molecule has 0 radical (unpaired) electrons. The summed E-state index contributed by atoms with van der Waals surface area (Å²) in [7, 11) is 0. The van der Waals surface area contributed by atoms with Crippen molar-refractivity contribution in [2.24, 2.45) is 0 Å². The lowest BCUT2D eigenvalue weighted by Crippen LogP contribution is -1.92. The maximum absolute atomic E-state index is 4.32. The summed E-state index contributed by atoms with van der Waals surface area (Å²) in [6.07, 6.45) is 5.73. The highest BCUT2D eigenvalue weighted by Crippen LogP contribution is 2.18. The molecule has 1 aromatic heterocycles. The summed E-state index contributed by atoms with van der Waals surface area (Å²) in [5.41, 5.74) is 3.41. The second-order valence-corrected chi connectivity index (χ2v) is 3.58. The van der Waals surface area contributed by atoms with Gasteiger partial charge in [0.05, 0.1) is 5.69 Å². The van der Waals surface area contributed by atoms with E-state index in [2.05, 4.69) is 37.5 Å². The molecule has 1 aromatic rings. The summed E-state index contributed by atoms with van der Waals surface area (Å²) in [4.78, 5) is 4.32. The zero-order valence-corrected chi connectivity index (χ0v) is 9.12. The average molecular weight is 187 g/mol. The Morgan fingerprint density at radius 2 is 2.21 bits per heavy atom. The van der Waals surface area contributed by atoms with Crippen LogP contribution in [-0.4, -0.2) is 4.98 Å². The normalized spacial score (nSPS) is 11.9. The second kappa shape index (κ2) is 4.75. The molecular formula is C13H17N. The molecule has 1 heteroatoms. The Morgan fingerprint density at radius 1 is 1.50 bits per heavy atom. The van der Waals surface area contributed by atoms with Crippen molar-refractivity contribution in [1.82, 2.24) is 4.98 Å². The molecule has 0 bridgehead atoms. The number of hydrogen-bond donors (Lipinski definition) is 0. The van der Waals surface area contributed by atoms with E-state index < -0.39 is 0 Å². The molecular weight excluding hydrogens is 170 g/mol. The lowest BCUT2D eigenvalue weighted by Gasteiger charge is -2.07. The van der Waals surface area contributed by atoms with Crippen LogP contribution < -0.4 is 0 Å². The minimum absolute atomic E-state index is 0.541. The topological polar surface area (TPSA) is 12.9 Å². The van der Waals surface area contributed by atoms with Gasteiger partial charge in [-0.3, -0.25) is 4.98 Å². The molecule has 0 saturated carbocycles. The monoisotopic (exact) mass is 187 g/mol. The Kier molecular flexibility index (Phi) is 3.63. The standard InChI is InChI=1S/C13H17N/c1-5-11(6-2)13-9-12(10(3)4)7-8-14-13/h5-10H,1H2,2-4H3/b11-6+. The summed E-state index contributed by atoms with van der Waals surface area (Å²) in [6.45, 7) is 10.1.